The number of hydrogen-bond acceptors (Lipinski definition) is 3. The van der Waals surface area contributed by atoms with Crippen molar-refractivity contribution >= 4 is 5.84 Å². The molecule has 0 aromatic rings. The van der Waals surface area contributed by atoms with Crippen molar-refractivity contribution < 1.29 is 10.3 Å². The zero-order valence-electron chi connectivity index (χ0n) is 7.32. The van der Waals surface area contributed by atoms with Gasteiger partial charge in [-0.2, -0.15) is 0 Å². The average Bonchev–Trinajstić information content (AvgIpc) is 2.03. The Hall–Kier alpha value is -0.770. The summed E-state index contributed by atoms with van der Waals surface area (Å²) in [5.74, 6) is 0.445. The Morgan fingerprint density at radius 1 is 1.50 bits per heavy atom. The van der Waals surface area contributed by atoms with E-state index in [1.54, 1.807) is 0 Å². The van der Waals surface area contributed by atoms with Crippen LogP contribution in [0.2, 0.25) is 0 Å². The van der Waals surface area contributed by atoms with E-state index in [9.17, 15) is 5.11 Å². The first-order valence-corrected chi connectivity index (χ1v) is 4.25. The zero-order chi connectivity index (χ0) is 9.19. The summed E-state index contributed by atoms with van der Waals surface area (Å²) in [7, 11) is 0. The van der Waals surface area contributed by atoms with Crippen LogP contribution in [0.4, 0.5) is 0 Å². The molecule has 4 nitrogen and oxygen atoms in total. The van der Waals surface area contributed by atoms with Crippen molar-refractivity contribution in [1.29, 1.82) is 0 Å². The quantitative estimate of drug-likeness (QED) is 0.235. The Kier molecular flexibility index (Phi) is 2.57. The number of nitrogens with zero attached hydrogens (tertiary/aromatic N) is 1. The highest BCUT2D eigenvalue weighted by molar-refractivity contribution is 5.82. The van der Waals surface area contributed by atoms with Crippen molar-refractivity contribution in [2.75, 3.05) is 0 Å². The Bertz CT molecular complexity index is 179. The third-order valence-electron chi connectivity index (χ3n) is 2.60. The van der Waals surface area contributed by atoms with Gasteiger partial charge in [0.05, 0.1) is 5.60 Å². The van der Waals surface area contributed by atoms with Gasteiger partial charge < -0.3 is 16.0 Å². The summed E-state index contributed by atoms with van der Waals surface area (Å²) in [5, 5.41) is 21.0. The lowest BCUT2D eigenvalue weighted by molar-refractivity contribution is 0.0154. The minimum absolute atomic E-state index is 0.148. The minimum atomic E-state index is -0.549. The number of oxime groups is 1. The van der Waals surface area contributed by atoms with Gasteiger partial charge in [0.2, 0.25) is 0 Å². The minimum Gasteiger partial charge on any atom is -0.409 e. The van der Waals surface area contributed by atoms with Crippen LogP contribution in [0, 0.1) is 5.92 Å². The molecule has 12 heavy (non-hydrogen) atoms. The van der Waals surface area contributed by atoms with Crippen LogP contribution in [0.1, 0.15) is 32.6 Å². The molecule has 0 spiro atoms. The predicted molar refractivity (Wildman–Crippen MR) is 46.0 cm³/mol. The summed E-state index contributed by atoms with van der Waals surface area (Å²) in [6.45, 7) is 1.83. The van der Waals surface area contributed by atoms with Crippen LogP contribution in [0.15, 0.2) is 5.16 Å². The normalized spacial score (nSPS) is 38.2. The maximum Gasteiger partial charge on any atom is 0.142 e. The molecule has 0 atom stereocenters. The smallest absolute Gasteiger partial charge is 0.142 e. The highest BCUT2D eigenvalue weighted by Gasteiger charge is 2.30. The van der Waals surface area contributed by atoms with E-state index in [0.29, 0.717) is 5.84 Å². The Balaban J connectivity index is 2.47. The first-order chi connectivity index (χ1) is 5.55. The van der Waals surface area contributed by atoms with Crippen molar-refractivity contribution in [3.8, 4) is 0 Å². The average molecular weight is 172 g/mol. The fourth-order valence-electron chi connectivity index (χ4n) is 1.62. The highest BCUT2D eigenvalue weighted by atomic mass is 16.4. The van der Waals surface area contributed by atoms with Gasteiger partial charge in [-0.05, 0) is 32.6 Å². The van der Waals surface area contributed by atoms with Crippen LogP contribution in [0.3, 0.4) is 0 Å². The molecule has 1 aliphatic carbocycles. The topological polar surface area (TPSA) is 78.8 Å². The molecule has 0 radical (unpaired) electrons. The molecule has 0 aromatic carbocycles. The molecular formula is C8H16N2O2. The van der Waals surface area contributed by atoms with Crippen LogP contribution in [0.25, 0.3) is 0 Å². The van der Waals surface area contributed by atoms with Crippen LogP contribution in [-0.2, 0) is 0 Å². The number of hydrogen-bond donors (Lipinski definition) is 3. The van der Waals surface area contributed by atoms with E-state index < -0.39 is 5.60 Å². The second-order valence-corrected chi connectivity index (χ2v) is 3.80. The van der Waals surface area contributed by atoms with E-state index in [-0.39, 0.29) is 5.92 Å². The summed E-state index contributed by atoms with van der Waals surface area (Å²) in [6, 6.07) is 0. The Labute approximate surface area is 72.1 Å². The third kappa shape index (κ3) is 2.11. The van der Waals surface area contributed by atoms with Gasteiger partial charge in [0.25, 0.3) is 0 Å². The van der Waals surface area contributed by atoms with E-state index >= 15 is 0 Å². The first-order valence-electron chi connectivity index (χ1n) is 4.25. The van der Waals surface area contributed by atoms with Gasteiger partial charge in [0.15, 0.2) is 0 Å². The molecule has 4 heteroatoms. The second-order valence-electron chi connectivity index (χ2n) is 3.80. The standard InChI is InChI=1S/C8H16N2O2/c1-8(11)4-2-6(3-5-8)7(9)10-12/h6,11-12H,2-5H2,1H3,(H2,9,10). The highest BCUT2D eigenvalue weighted by Crippen LogP contribution is 2.31. The van der Waals surface area contributed by atoms with E-state index in [2.05, 4.69) is 5.16 Å². The van der Waals surface area contributed by atoms with Gasteiger partial charge in [-0.3, -0.25) is 0 Å². The van der Waals surface area contributed by atoms with E-state index in [4.69, 9.17) is 10.9 Å². The van der Waals surface area contributed by atoms with Crippen molar-refractivity contribution in [2.45, 2.75) is 38.2 Å². The van der Waals surface area contributed by atoms with Gasteiger partial charge in [-0.15, -0.1) is 0 Å². The molecule has 0 bridgehead atoms. The molecule has 0 heterocycles. The molecule has 1 saturated carbocycles. The van der Waals surface area contributed by atoms with Crippen molar-refractivity contribution in [3.63, 3.8) is 0 Å². The van der Waals surface area contributed by atoms with Crippen LogP contribution < -0.4 is 5.73 Å². The van der Waals surface area contributed by atoms with Gasteiger partial charge in [-0.25, -0.2) is 0 Å². The van der Waals surface area contributed by atoms with Crippen LogP contribution >= 0.6 is 0 Å². The molecule has 1 aliphatic rings. The summed E-state index contributed by atoms with van der Waals surface area (Å²) >= 11 is 0. The number of aliphatic hydroxyl groups is 1. The van der Waals surface area contributed by atoms with Crippen LogP contribution in [-0.4, -0.2) is 21.8 Å². The maximum absolute atomic E-state index is 9.60. The Morgan fingerprint density at radius 2 is 2.00 bits per heavy atom. The van der Waals surface area contributed by atoms with Gasteiger partial charge in [0.1, 0.15) is 5.84 Å². The predicted octanol–water partition coefficient (Wildman–Crippen LogP) is 0.674. The SMILES string of the molecule is CC1(O)CCC(C(N)=NO)CC1. The van der Waals surface area contributed by atoms with E-state index in [1.165, 1.54) is 0 Å². The van der Waals surface area contributed by atoms with Crippen molar-refractivity contribution in [2.24, 2.45) is 16.8 Å². The summed E-state index contributed by atoms with van der Waals surface area (Å²) in [6.07, 6.45) is 3.08. The molecule has 4 N–H and O–H groups in total. The molecule has 0 aliphatic heterocycles. The number of rotatable bonds is 1. The van der Waals surface area contributed by atoms with E-state index in [1.807, 2.05) is 6.92 Å². The van der Waals surface area contributed by atoms with Crippen molar-refractivity contribution in [3.05, 3.63) is 0 Å². The lowest BCUT2D eigenvalue weighted by atomic mass is 9.79. The summed E-state index contributed by atoms with van der Waals surface area (Å²) in [5.41, 5.74) is 4.91. The Morgan fingerprint density at radius 3 is 2.42 bits per heavy atom. The summed E-state index contributed by atoms with van der Waals surface area (Å²) < 4.78 is 0. The monoisotopic (exact) mass is 172 g/mol. The zero-order valence-corrected chi connectivity index (χ0v) is 7.32. The first kappa shape index (κ1) is 9.32. The van der Waals surface area contributed by atoms with E-state index in [0.717, 1.165) is 25.7 Å². The number of amidine groups is 1. The molecule has 0 saturated heterocycles. The maximum atomic E-state index is 9.60. The van der Waals surface area contributed by atoms with Gasteiger partial charge in [-0.1, -0.05) is 5.16 Å². The molecule has 0 unspecified atom stereocenters. The van der Waals surface area contributed by atoms with Crippen LogP contribution in [0.5, 0.6) is 0 Å². The lowest BCUT2D eigenvalue weighted by Crippen LogP contribution is -2.35. The molecule has 0 amide bonds. The fraction of sp³-hybridized carbons (Fsp3) is 0.875. The molecular weight excluding hydrogens is 156 g/mol. The molecule has 1 fully saturated rings. The molecule has 70 valence electrons. The fourth-order valence-corrected chi connectivity index (χ4v) is 1.62. The van der Waals surface area contributed by atoms with Gasteiger partial charge >= 0.3 is 0 Å². The number of nitrogens with two attached hydrogens (primary N) is 1. The molecule has 1 rings (SSSR count). The van der Waals surface area contributed by atoms with Gasteiger partial charge in [0, 0.05) is 5.92 Å². The second kappa shape index (κ2) is 3.31. The largest absolute Gasteiger partial charge is 0.409 e. The van der Waals surface area contributed by atoms with Crippen molar-refractivity contribution in [1.82, 2.24) is 0 Å². The summed E-state index contributed by atoms with van der Waals surface area (Å²) in [4.78, 5) is 0. The third-order valence-corrected chi connectivity index (χ3v) is 2.60. The lowest BCUT2D eigenvalue weighted by Gasteiger charge is -2.32. The molecule has 0 aromatic heterocycles.